The van der Waals surface area contributed by atoms with Crippen LogP contribution in [-0.2, 0) is 9.84 Å². The van der Waals surface area contributed by atoms with Crippen LogP contribution in [0, 0.1) is 0 Å². The van der Waals surface area contributed by atoms with Gasteiger partial charge < -0.3 is 5.73 Å². The van der Waals surface area contributed by atoms with Crippen LogP contribution in [0.3, 0.4) is 0 Å². The molecular weight excluding hydrogens is 252 g/mol. The summed E-state index contributed by atoms with van der Waals surface area (Å²) in [6.07, 6.45) is 2.89. The third-order valence-corrected chi connectivity index (χ3v) is 5.10. The average Bonchev–Trinajstić information content (AvgIpc) is 2.77. The number of fused-ring (bicyclic) bond motifs is 1. The van der Waals surface area contributed by atoms with Gasteiger partial charge in [0.15, 0.2) is 5.65 Å². The van der Waals surface area contributed by atoms with E-state index in [-0.39, 0.29) is 17.4 Å². The zero-order valence-corrected chi connectivity index (χ0v) is 10.6. The lowest BCUT2D eigenvalue weighted by atomic mass is 9.98. The molecule has 0 unspecified atom stereocenters. The summed E-state index contributed by atoms with van der Waals surface area (Å²) >= 11 is 0. The Morgan fingerprint density at radius 2 is 2.06 bits per heavy atom. The fourth-order valence-corrected chi connectivity index (χ4v) is 3.84. The second-order valence-corrected chi connectivity index (χ2v) is 6.94. The van der Waals surface area contributed by atoms with Crippen molar-refractivity contribution >= 4 is 21.3 Å². The number of nitrogens with two attached hydrogens (primary N) is 1. The summed E-state index contributed by atoms with van der Waals surface area (Å²) < 4.78 is 24.4. The molecule has 6 nitrogen and oxygen atoms in total. The topological polar surface area (TPSA) is 90.4 Å². The molecule has 0 saturated carbocycles. The Morgan fingerprint density at radius 3 is 2.78 bits per heavy atom. The lowest BCUT2D eigenvalue weighted by Gasteiger charge is -2.21. The number of rotatable bonds is 1. The van der Waals surface area contributed by atoms with Crippen LogP contribution in [-0.4, -0.2) is 34.5 Å². The maximum Gasteiger partial charge on any atom is 0.157 e. The van der Waals surface area contributed by atoms with Gasteiger partial charge in [-0.15, -0.1) is 0 Å². The summed E-state index contributed by atoms with van der Waals surface area (Å²) in [6, 6.07) is 3.59. The third kappa shape index (κ3) is 1.94. The van der Waals surface area contributed by atoms with Crippen molar-refractivity contribution in [2.45, 2.75) is 18.8 Å². The molecule has 1 saturated heterocycles. The molecule has 1 aliphatic heterocycles. The lowest BCUT2D eigenvalue weighted by Crippen LogP contribution is -2.23. The summed E-state index contributed by atoms with van der Waals surface area (Å²) in [7, 11) is -2.84. The SMILES string of the molecule is Nc1cc(C2CCS(=O)(=O)CC2)nc2ccnn12. The zero-order valence-electron chi connectivity index (χ0n) is 9.78. The summed E-state index contributed by atoms with van der Waals surface area (Å²) in [5.41, 5.74) is 7.48. The number of aromatic nitrogens is 3. The Labute approximate surface area is 105 Å². The van der Waals surface area contributed by atoms with Gasteiger partial charge in [-0.05, 0) is 12.8 Å². The minimum atomic E-state index is -2.84. The van der Waals surface area contributed by atoms with Crippen molar-refractivity contribution in [1.82, 2.24) is 14.6 Å². The van der Waals surface area contributed by atoms with E-state index in [9.17, 15) is 8.42 Å². The lowest BCUT2D eigenvalue weighted by molar-refractivity contribution is 0.544. The van der Waals surface area contributed by atoms with Gasteiger partial charge in [0, 0.05) is 23.7 Å². The summed E-state index contributed by atoms with van der Waals surface area (Å²) in [6.45, 7) is 0. The molecule has 1 fully saturated rings. The van der Waals surface area contributed by atoms with Gasteiger partial charge in [0.05, 0.1) is 17.7 Å². The van der Waals surface area contributed by atoms with E-state index >= 15 is 0 Å². The van der Waals surface area contributed by atoms with Gasteiger partial charge in [0.25, 0.3) is 0 Å². The minimum absolute atomic E-state index is 0.177. The molecule has 0 bridgehead atoms. The van der Waals surface area contributed by atoms with Crippen molar-refractivity contribution in [1.29, 1.82) is 0 Å². The van der Waals surface area contributed by atoms with Crippen molar-refractivity contribution < 1.29 is 8.42 Å². The minimum Gasteiger partial charge on any atom is -0.384 e. The molecule has 0 spiro atoms. The molecule has 3 rings (SSSR count). The van der Waals surface area contributed by atoms with Crippen LogP contribution < -0.4 is 5.73 Å². The number of anilines is 1. The highest BCUT2D eigenvalue weighted by Crippen LogP contribution is 2.29. The molecule has 1 aliphatic rings. The molecule has 18 heavy (non-hydrogen) atoms. The highest BCUT2D eigenvalue weighted by Gasteiger charge is 2.26. The normalized spacial score (nSPS) is 20.2. The van der Waals surface area contributed by atoms with Crippen LogP contribution in [0.5, 0.6) is 0 Å². The highest BCUT2D eigenvalue weighted by molar-refractivity contribution is 7.91. The number of sulfone groups is 1. The molecule has 2 N–H and O–H groups in total. The van der Waals surface area contributed by atoms with E-state index in [4.69, 9.17) is 5.73 Å². The monoisotopic (exact) mass is 266 g/mol. The fraction of sp³-hybridized carbons (Fsp3) is 0.455. The van der Waals surface area contributed by atoms with Gasteiger partial charge in [-0.25, -0.2) is 13.4 Å². The van der Waals surface area contributed by atoms with E-state index < -0.39 is 9.84 Å². The van der Waals surface area contributed by atoms with Gasteiger partial charge in [-0.2, -0.15) is 9.61 Å². The fourth-order valence-electron chi connectivity index (χ4n) is 2.35. The van der Waals surface area contributed by atoms with Crippen LogP contribution in [0.25, 0.3) is 5.65 Å². The molecule has 2 aromatic rings. The van der Waals surface area contributed by atoms with Gasteiger partial charge >= 0.3 is 0 Å². The molecule has 0 aromatic carbocycles. The Kier molecular flexibility index (Phi) is 2.51. The van der Waals surface area contributed by atoms with Crippen LogP contribution >= 0.6 is 0 Å². The van der Waals surface area contributed by atoms with Crippen LogP contribution in [0.2, 0.25) is 0 Å². The number of hydrogen-bond acceptors (Lipinski definition) is 5. The third-order valence-electron chi connectivity index (χ3n) is 3.38. The zero-order chi connectivity index (χ0) is 12.8. The van der Waals surface area contributed by atoms with Gasteiger partial charge in [0.2, 0.25) is 0 Å². The number of nitrogen functional groups attached to an aromatic ring is 1. The Morgan fingerprint density at radius 1 is 1.33 bits per heavy atom. The molecule has 2 aromatic heterocycles. The van der Waals surface area contributed by atoms with Crippen molar-refractivity contribution in [2.24, 2.45) is 0 Å². The predicted molar refractivity (Wildman–Crippen MR) is 68.0 cm³/mol. The van der Waals surface area contributed by atoms with E-state index in [1.165, 1.54) is 0 Å². The number of nitrogens with zero attached hydrogens (tertiary/aromatic N) is 3. The maximum absolute atomic E-state index is 11.4. The number of hydrogen-bond donors (Lipinski definition) is 1. The van der Waals surface area contributed by atoms with Crippen LogP contribution in [0.15, 0.2) is 18.3 Å². The largest absolute Gasteiger partial charge is 0.384 e. The van der Waals surface area contributed by atoms with Crippen LogP contribution in [0.1, 0.15) is 24.5 Å². The van der Waals surface area contributed by atoms with Crippen molar-refractivity contribution in [2.75, 3.05) is 17.2 Å². The second-order valence-electron chi connectivity index (χ2n) is 4.63. The van der Waals surface area contributed by atoms with Crippen LogP contribution in [0.4, 0.5) is 5.82 Å². The molecule has 0 aliphatic carbocycles. The van der Waals surface area contributed by atoms with Gasteiger partial charge in [-0.3, -0.25) is 0 Å². The molecule has 0 amide bonds. The quantitative estimate of drug-likeness (QED) is 0.816. The van der Waals surface area contributed by atoms with Gasteiger partial charge in [0.1, 0.15) is 15.7 Å². The first-order chi connectivity index (χ1) is 8.55. The molecule has 0 radical (unpaired) electrons. The van der Waals surface area contributed by atoms with Crippen molar-refractivity contribution in [3.05, 3.63) is 24.0 Å². The molecule has 0 atom stereocenters. The Balaban J connectivity index is 1.95. The average molecular weight is 266 g/mol. The molecule has 96 valence electrons. The van der Waals surface area contributed by atoms with E-state index in [1.807, 2.05) is 0 Å². The van der Waals surface area contributed by atoms with E-state index in [0.717, 1.165) is 5.69 Å². The molecule has 7 heteroatoms. The highest BCUT2D eigenvalue weighted by atomic mass is 32.2. The molecular formula is C11H14N4O2S. The van der Waals surface area contributed by atoms with E-state index in [2.05, 4.69) is 10.1 Å². The second kappa shape index (κ2) is 3.94. The first-order valence-electron chi connectivity index (χ1n) is 5.86. The Hall–Kier alpha value is -1.63. The first kappa shape index (κ1) is 11.5. The summed E-state index contributed by atoms with van der Waals surface area (Å²) in [5, 5.41) is 4.06. The summed E-state index contributed by atoms with van der Waals surface area (Å²) in [4.78, 5) is 4.49. The van der Waals surface area contributed by atoms with Crippen molar-refractivity contribution in [3.63, 3.8) is 0 Å². The first-order valence-corrected chi connectivity index (χ1v) is 7.68. The van der Waals surface area contributed by atoms with E-state index in [0.29, 0.717) is 24.3 Å². The smallest absolute Gasteiger partial charge is 0.157 e. The molecule has 3 heterocycles. The van der Waals surface area contributed by atoms with E-state index in [1.54, 1.807) is 22.8 Å². The van der Waals surface area contributed by atoms with Crippen molar-refractivity contribution in [3.8, 4) is 0 Å². The predicted octanol–water partition coefficient (Wildman–Crippen LogP) is 0.604. The summed E-state index contributed by atoms with van der Waals surface area (Å²) in [5.74, 6) is 1.19. The standard InChI is InChI=1S/C11H14N4O2S/c12-10-7-9(14-11-1-4-13-15(10)11)8-2-5-18(16,17)6-3-8/h1,4,7-8H,2-3,5-6,12H2. The van der Waals surface area contributed by atoms with Gasteiger partial charge in [-0.1, -0.05) is 0 Å². The maximum atomic E-state index is 11.4. The Bertz CT molecular complexity index is 678.